The fourth-order valence-corrected chi connectivity index (χ4v) is 2.62. The zero-order chi connectivity index (χ0) is 12.2. The topological polar surface area (TPSA) is 52.0 Å². The molecule has 0 saturated carbocycles. The van der Waals surface area contributed by atoms with E-state index in [9.17, 15) is 8.42 Å². The molecule has 1 aromatic heterocycles. The molecule has 1 rings (SSSR count). The smallest absolute Gasteiger partial charge is 0.227 e. The van der Waals surface area contributed by atoms with Crippen LogP contribution in [0.5, 0.6) is 0 Å². The van der Waals surface area contributed by atoms with Gasteiger partial charge in [-0.05, 0) is 6.42 Å². The van der Waals surface area contributed by atoms with Gasteiger partial charge in [-0.25, -0.2) is 13.4 Å². The van der Waals surface area contributed by atoms with Crippen LogP contribution in [0.1, 0.15) is 31.9 Å². The summed E-state index contributed by atoms with van der Waals surface area (Å²) in [6.45, 7) is 2.77. The first-order valence-corrected chi connectivity index (χ1v) is 7.73. The molecule has 0 amide bonds. The Morgan fingerprint density at radius 3 is 2.62 bits per heavy atom. The molecule has 0 aromatic carbocycles. The monoisotopic (exact) mass is 264 g/mol. The molecule has 16 heavy (non-hydrogen) atoms. The van der Waals surface area contributed by atoms with Crippen LogP contribution in [0, 0.1) is 0 Å². The van der Waals surface area contributed by atoms with Crippen molar-refractivity contribution >= 4 is 21.4 Å². The van der Waals surface area contributed by atoms with Gasteiger partial charge in [0.25, 0.3) is 0 Å². The molecule has 1 heterocycles. The zero-order valence-corrected chi connectivity index (χ0v) is 11.2. The number of sulfone groups is 1. The number of aromatic nitrogens is 2. The molecule has 0 spiro atoms. The van der Waals surface area contributed by atoms with E-state index in [1.54, 1.807) is 4.57 Å². The van der Waals surface area contributed by atoms with E-state index in [1.807, 2.05) is 0 Å². The number of hydrogen-bond donors (Lipinski definition) is 0. The maximum absolute atomic E-state index is 11.5. The van der Waals surface area contributed by atoms with E-state index in [1.165, 1.54) is 12.5 Å². The Bertz CT molecular complexity index is 440. The second-order valence-electron chi connectivity index (χ2n) is 3.80. The van der Waals surface area contributed by atoms with E-state index >= 15 is 0 Å². The molecule has 6 heteroatoms. The predicted octanol–water partition coefficient (Wildman–Crippen LogP) is 2.22. The molecule has 0 saturated heterocycles. The highest BCUT2D eigenvalue weighted by Gasteiger charge is 2.17. The number of imidazole rings is 1. The van der Waals surface area contributed by atoms with E-state index in [-0.39, 0.29) is 11.0 Å². The van der Waals surface area contributed by atoms with Gasteiger partial charge in [0.05, 0.1) is 17.8 Å². The third kappa shape index (κ3) is 3.22. The molecule has 0 bridgehead atoms. The van der Waals surface area contributed by atoms with Gasteiger partial charge >= 0.3 is 0 Å². The van der Waals surface area contributed by atoms with Gasteiger partial charge in [-0.2, -0.15) is 0 Å². The van der Waals surface area contributed by atoms with Crippen molar-refractivity contribution < 1.29 is 8.42 Å². The summed E-state index contributed by atoms with van der Waals surface area (Å²) >= 11 is 5.75. The summed E-state index contributed by atoms with van der Waals surface area (Å²) in [7, 11) is -3.27. The third-order valence-electron chi connectivity index (χ3n) is 2.36. The number of rotatable bonds is 6. The lowest BCUT2D eigenvalue weighted by Gasteiger charge is -2.08. The van der Waals surface area contributed by atoms with Gasteiger partial charge in [-0.1, -0.05) is 19.8 Å². The first-order valence-electron chi connectivity index (χ1n) is 5.31. The van der Waals surface area contributed by atoms with E-state index in [0.29, 0.717) is 6.54 Å². The van der Waals surface area contributed by atoms with Crippen LogP contribution < -0.4 is 0 Å². The summed E-state index contributed by atoms with van der Waals surface area (Å²) in [4.78, 5) is 3.93. The molecule has 0 aliphatic heterocycles. The Kier molecular flexibility index (Phi) is 4.80. The average molecular weight is 265 g/mol. The maximum Gasteiger partial charge on any atom is 0.227 e. The highest BCUT2D eigenvalue weighted by molar-refractivity contribution is 7.90. The summed E-state index contributed by atoms with van der Waals surface area (Å²) in [6.07, 6.45) is 5.82. The van der Waals surface area contributed by atoms with Crippen LogP contribution >= 0.6 is 11.6 Å². The molecule has 1 aromatic rings. The standard InChI is InChI=1S/C10H17ClN2O2S/c1-3-4-5-6-13-9(7-11)8-12-10(13)16(2,14)15/h8H,3-7H2,1-2H3. The van der Waals surface area contributed by atoms with Crippen molar-refractivity contribution in [2.75, 3.05) is 6.26 Å². The molecular formula is C10H17ClN2O2S. The first-order chi connectivity index (χ1) is 7.50. The number of hydrogen-bond acceptors (Lipinski definition) is 3. The van der Waals surface area contributed by atoms with Crippen LogP contribution in [0.4, 0.5) is 0 Å². The van der Waals surface area contributed by atoms with Crippen LogP contribution in [0.15, 0.2) is 11.4 Å². The molecule has 0 N–H and O–H groups in total. The first kappa shape index (κ1) is 13.5. The minimum absolute atomic E-state index is 0.124. The Hall–Kier alpha value is -0.550. The van der Waals surface area contributed by atoms with Gasteiger partial charge in [0.15, 0.2) is 0 Å². The fraction of sp³-hybridized carbons (Fsp3) is 0.700. The summed E-state index contributed by atoms with van der Waals surface area (Å²) in [5.74, 6) is 0.286. The van der Waals surface area contributed by atoms with E-state index in [0.717, 1.165) is 25.0 Å². The lowest BCUT2D eigenvalue weighted by Crippen LogP contribution is -2.11. The largest absolute Gasteiger partial charge is 0.318 e. The Morgan fingerprint density at radius 1 is 1.44 bits per heavy atom. The molecule has 0 unspecified atom stereocenters. The molecule has 92 valence electrons. The summed E-state index contributed by atoms with van der Waals surface area (Å²) in [5.41, 5.74) is 0.762. The van der Waals surface area contributed by atoms with E-state index < -0.39 is 9.84 Å². The van der Waals surface area contributed by atoms with E-state index in [2.05, 4.69) is 11.9 Å². The van der Waals surface area contributed by atoms with Crippen LogP contribution in [0.3, 0.4) is 0 Å². The van der Waals surface area contributed by atoms with Crippen LogP contribution in [0.25, 0.3) is 0 Å². The molecule has 0 radical (unpaired) electrons. The molecular weight excluding hydrogens is 248 g/mol. The van der Waals surface area contributed by atoms with Crippen molar-refractivity contribution in [1.29, 1.82) is 0 Å². The zero-order valence-electron chi connectivity index (χ0n) is 9.61. The second-order valence-corrected chi connectivity index (χ2v) is 5.97. The van der Waals surface area contributed by atoms with Gasteiger partial charge < -0.3 is 4.57 Å². The molecule has 0 fully saturated rings. The molecule has 0 aliphatic carbocycles. The number of nitrogens with zero attached hydrogens (tertiary/aromatic N) is 2. The SMILES string of the molecule is CCCCCn1c(CCl)cnc1S(C)(=O)=O. The van der Waals surface area contributed by atoms with Crippen molar-refractivity contribution in [1.82, 2.24) is 9.55 Å². The quantitative estimate of drug-likeness (QED) is 0.585. The summed E-state index contributed by atoms with van der Waals surface area (Å²) in [5, 5.41) is 0.124. The van der Waals surface area contributed by atoms with Gasteiger partial charge in [0.2, 0.25) is 15.0 Å². The minimum atomic E-state index is -3.27. The minimum Gasteiger partial charge on any atom is -0.318 e. The summed E-state index contributed by atoms with van der Waals surface area (Å²) in [6, 6.07) is 0. The average Bonchev–Trinajstić information content (AvgIpc) is 2.60. The Balaban J connectivity index is 2.97. The second kappa shape index (κ2) is 5.68. The number of halogens is 1. The number of alkyl halides is 1. The Labute approximate surface area is 102 Å². The predicted molar refractivity (Wildman–Crippen MR) is 64.4 cm³/mol. The van der Waals surface area contributed by atoms with Gasteiger partial charge in [0.1, 0.15) is 0 Å². The van der Waals surface area contributed by atoms with Crippen LogP contribution in [-0.4, -0.2) is 24.2 Å². The molecule has 0 aliphatic rings. The normalized spacial score (nSPS) is 11.9. The maximum atomic E-state index is 11.5. The van der Waals surface area contributed by atoms with Gasteiger partial charge in [-0.3, -0.25) is 0 Å². The lowest BCUT2D eigenvalue weighted by molar-refractivity contribution is 0.531. The van der Waals surface area contributed by atoms with Crippen LogP contribution in [-0.2, 0) is 22.3 Å². The number of unbranched alkanes of at least 4 members (excludes halogenated alkanes) is 2. The molecule has 4 nitrogen and oxygen atoms in total. The molecule has 0 atom stereocenters. The van der Waals surface area contributed by atoms with Gasteiger partial charge in [-0.15, -0.1) is 11.6 Å². The van der Waals surface area contributed by atoms with Crippen molar-refractivity contribution in [3.8, 4) is 0 Å². The van der Waals surface area contributed by atoms with Gasteiger partial charge in [0, 0.05) is 12.8 Å². The van der Waals surface area contributed by atoms with Crippen LogP contribution in [0.2, 0.25) is 0 Å². The summed E-state index contributed by atoms with van der Waals surface area (Å²) < 4.78 is 24.7. The van der Waals surface area contributed by atoms with E-state index in [4.69, 9.17) is 11.6 Å². The van der Waals surface area contributed by atoms with Crippen molar-refractivity contribution in [2.45, 2.75) is 43.8 Å². The Morgan fingerprint density at radius 2 is 2.12 bits per heavy atom. The third-order valence-corrected chi connectivity index (χ3v) is 3.62. The fourth-order valence-electron chi connectivity index (χ4n) is 1.55. The highest BCUT2D eigenvalue weighted by atomic mass is 35.5. The van der Waals surface area contributed by atoms with Crippen molar-refractivity contribution in [3.05, 3.63) is 11.9 Å². The highest BCUT2D eigenvalue weighted by Crippen LogP contribution is 2.14. The van der Waals surface area contributed by atoms with Crippen molar-refractivity contribution in [3.63, 3.8) is 0 Å². The lowest BCUT2D eigenvalue weighted by atomic mass is 10.2. The van der Waals surface area contributed by atoms with Crippen molar-refractivity contribution in [2.24, 2.45) is 0 Å².